The van der Waals surface area contributed by atoms with Crippen molar-refractivity contribution in [3.63, 3.8) is 0 Å². The summed E-state index contributed by atoms with van der Waals surface area (Å²) in [5, 5.41) is 8.73. The molecule has 1 atom stereocenters. The summed E-state index contributed by atoms with van der Waals surface area (Å²) in [6.45, 7) is 3.84. The Hall–Kier alpha value is -0.280. The Kier molecular flexibility index (Phi) is 7.44. The molecule has 74 valence electrons. The molecule has 3 N–H and O–H groups in total. The molecular formula is C8H18ClNO2. The van der Waals surface area contributed by atoms with Crippen LogP contribution < -0.4 is 5.73 Å². The first-order chi connectivity index (χ1) is 5.06. The van der Waals surface area contributed by atoms with Gasteiger partial charge in [0, 0.05) is 0 Å². The lowest BCUT2D eigenvalue weighted by Gasteiger charge is -2.22. The van der Waals surface area contributed by atoms with Gasteiger partial charge >= 0.3 is 5.97 Å². The summed E-state index contributed by atoms with van der Waals surface area (Å²) in [4.78, 5) is 10.6. The van der Waals surface area contributed by atoms with Crippen LogP contribution >= 0.6 is 12.4 Å². The zero-order valence-electron chi connectivity index (χ0n) is 7.67. The molecule has 0 unspecified atom stereocenters. The van der Waals surface area contributed by atoms with Crippen molar-refractivity contribution < 1.29 is 9.90 Å². The molecule has 4 heteroatoms. The predicted molar refractivity (Wildman–Crippen MR) is 51.6 cm³/mol. The predicted octanol–water partition coefficient (Wildman–Crippen LogP) is 1.79. The van der Waals surface area contributed by atoms with Crippen LogP contribution in [0.25, 0.3) is 0 Å². The van der Waals surface area contributed by atoms with E-state index in [-0.39, 0.29) is 12.4 Å². The van der Waals surface area contributed by atoms with E-state index in [4.69, 9.17) is 10.8 Å². The van der Waals surface area contributed by atoms with Gasteiger partial charge in [-0.25, -0.2) is 0 Å². The topological polar surface area (TPSA) is 63.3 Å². The molecule has 0 amide bonds. The first kappa shape index (κ1) is 14.3. The van der Waals surface area contributed by atoms with Crippen LogP contribution in [0.5, 0.6) is 0 Å². The lowest BCUT2D eigenvalue weighted by Crippen LogP contribution is -2.47. The number of carboxylic acids is 1. The normalized spacial score (nSPS) is 14.6. The van der Waals surface area contributed by atoms with Crippen LogP contribution in [0.2, 0.25) is 0 Å². The maximum atomic E-state index is 10.6. The molecule has 0 heterocycles. The van der Waals surface area contributed by atoms with Crippen molar-refractivity contribution in [2.24, 2.45) is 5.73 Å². The van der Waals surface area contributed by atoms with Gasteiger partial charge in [-0.15, -0.1) is 12.4 Å². The molecule has 0 aliphatic carbocycles. The zero-order valence-corrected chi connectivity index (χ0v) is 8.49. The molecule has 0 saturated carbocycles. The largest absolute Gasteiger partial charge is 0.480 e. The maximum absolute atomic E-state index is 10.6. The molecule has 12 heavy (non-hydrogen) atoms. The van der Waals surface area contributed by atoms with Crippen molar-refractivity contribution in [1.82, 2.24) is 0 Å². The molecule has 0 saturated heterocycles. The van der Waals surface area contributed by atoms with Crippen LogP contribution in [0.4, 0.5) is 0 Å². The van der Waals surface area contributed by atoms with Crippen LogP contribution in [0.1, 0.15) is 39.5 Å². The van der Waals surface area contributed by atoms with Crippen molar-refractivity contribution in [1.29, 1.82) is 0 Å². The van der Waals surface area contributed by atoms with Gasteiger partial charge in [-0.2, -0.15) is 0 Å². The third-order valence-electron chi connectivity index (χ3n) is 2.03. The summed E-state index contributed by atoms with van der Waals surface area (Å²) in [5.41, 5.74) is 4.64. The first-order valence-electron chi connectivity index (χ1n) is 4.09. The van der Waals surface area contributed by atoms with Gasteiger partial charge in [0.1, 0.15) is 5.54 Å². The fraction of sp³-hybridized carbons (Fsp3) is 0.875. The second-order valence-electron chi connectivity index (χ2n) is 2.92. The van der Waals surface area contributed by atoms with Crippen molar-refractivity contribution in [2.45, 2.75) is 45.1 Å². The van der Waals surface area contributed by atoms with E-state index >= 15 is 0 Å². The van der Waals surface area contributed by atoms with Crippen molar-refractivity contribution in [2.75, 3.05) is 0 Å². The summed E-state index contributed by atoms with van der Waals surface area (Å²) in [6, 6.07) is 0. The average Bonchev–Trinajstić information content (AvgIpc) is 2.00. The van der Waals surface area contributed by atoms with E-state index < -0.39 is 11.5 Å². The molecule has 0 aromatic heterocycles. The van der Waals surface area contributed by atoms with Gasteiger partial charge in [-0.3, -0.25) is 4.79 Å². The standard InChI is InChI=1S/C8H17NO2.ClH/c1-3-5-6-8(9,4-2)7(10)11;/h3-6,9H2,1-2H3,(H,10,11);1H/t8-;/m0./s1. The number of hydrogen-bond donors (Lipinski definition) is 2. The van der Waals surface area contributed by atoms with Gasteiger partial charge in [-0.05, 0) is 12.8 Å². The molecule has 0 bridgehead atoms. The van der Waals surface area contributed by atoms with Gasteiger partial charge < -0.3 is 10.8 Å². The minimum atomic E-state index is -0.990. The number of rotatable bonds is 5. The van der Waals surface area contributed by atoms with Crippen LogP contribution in [0, 0.1) is 0 Å². The van der Waals surface area contributed by atoms with Crippen LogP contribution in [-0.2, 0) is 4.79 Å². The number of unbranched alkanes of at least 4 members (excludes halogenated alkanes) is 1. The summed E-state index contributed by atoms with van der Waals surface area (Å²) >= 11 is 0. The number of carboxylic acid groups (broad SMARTS) is 1. The molecule has 0 fully saturated rings. The average molecular weight is 196 g/mol. The smallest absolute Gasteiger partial charge is 0.323 e. The Balaban J connectivity index is 0. The Bertz CT molecular complexity index is 141. The monoisotopic (exact) mass is 195 g/mol. The molecule has 0 spiro atoms. The van der Waals surface area contributed by atoms with Gasteiger partial charge in [0.2, 0.25) is 0 Å². The fourth-order valence-corrected chi connectivity index (χ4v) is 0.927. The fourth-order valence-electron chi connectivity index (χ4n) is 0.927. The molecule has 0 aliphatic heterocycles. The Morgan fingerprint density at radius 1 is 1.50 bits per heavy atom. The molecule has 0 aliphatic rings. The lowest BCUT2D eigenvalue weighted by molar-refractivity contribution is -0.143. The van der Waals surface area contributed by atoms with E-state index in [9.17, 15) is 4.79 Å². The zero-order chi connectivity index (χ0) is 8.91. The highest BCUT2D eigenvalue weighted by Gasteiger charge is 2.30. The highest BCUT2D eigenvalue weighted by Crippen LogP contribution is 2.15. The molecular weight excluding hydrogens is 178 g/mol. The van der Waals surface area contributed by atoms with E-state index in [1.54, 1.807) is 0 Å². The number of hydrogen-bond acceptors (Lipinski definition) is 2. The second-order valence-corrected chi connectivity index (χ2v) is 2.92. The molecule has 0 radical (unpaired) electrons. The summed E-state index contributed by atoms with van der Waals surface area (Å²) in [6.07, 6.45) is 2.96. The molecule has 0 rings (SSSR count). The lowest BCUT2D eigenvalue weighted by atomic mass is 9.91. The van der Waals surface area contributed by atoms with E-state index in [0.717, 1.165) is 12.8 Å². The minimum Gasteiger partial charge on any atom is -0.480 e. The Morgan fingerprint density at radius 3 is 2.25 bits per heavy atom. The minimum absolute atomic E-state index is 0. The van der Waals surface area contributed by atoms with Gasteiger partial charge in [0.15, 0.2) is 0 Å². The van der Waals surface area contributed by atoms with Gasteiger partial charge in [0.05, 0.1) is 0 Å². The van der Waals surface area contributed by atoms with E-state index in [0.29, 0.717) is 12.8 Å². The van der Waals surface area contributed by atoms with E-state index in [1.807, 2.05) is 13.8 Å². The number of nitrogens with two attached hydrogens (primary N) is 1. The van der Waals surface area contributed by atoms with E-state index in [2.05, 4.69) is 0 Å². The second kappa shape index (κ2) is 6.26. The number of carbonyl (C=O) groups is 1. The van der Waals surface area contributed by atoms with Crippen molar-refractivity contribution in [3.05, 3.63) is 0 Å². The number of aliphatic carboxylic acids is 1. The van der Waals surface area contributed by atoms with Crippen LogP contribution in [0.15, 0.2) is 0 Å². The quantitative estimate of drug-likeness (QED) is 0.703. The Labute approximate surface area is 79.7 Å². The van der Waals surface area contributed by atoms with Crippen molar-refractivity contribution >= 4 is 18.4 Å². The van der Waals surface area contributed by atoms with Gasteiger partial charge in [-0.1, -0.05) is 26.7 Å². The van der Waals surface area contributed by atoms with Crippen molar-refractivity contribution in [3.8, 4) is 0 Å². The summed E-state index contributed by atoms with van der Waals surface area (Å²) < 4.78 is 0. The molecule has 3 nitrogen and oxygen atoms in total. The third-order valence-corrected chi connectivity index (χ3v) is 2.03. The Morgan fingerprint density at radius 2 is 2.00 bits per heavy atom. The molecule has 0 aromatic rings. The van der Waals surface area contributed by atoms with Gasteiger partial charge in [0.25, 0.3) is 0 Å². The van der Waals surface area contributed by atoms with Crippen LogP contribution in [0.3, 0.4) is 0 Å². The van der Waals surface area contributed by atoms with Crippen LogP contribution in [-0.4, -0.2) is 16.6 Å². The molecule has 0 aromatic carbocycles. The summed E-state index contributed by atoms with van der Waals surface area (Å²) in [7, 11) is 0. The SMILES string of the molecule is CCCC[C@@](N)(CC)C(=O)O.Cl. The number of halogens is 1. The third kappa shape index (κ3) is 3.93. The van der Waals surface area contributed by atoms with E-state index in [1.165, 1.54) is 0 Å². The highest BCUT2D eigenvalue weighted by molar-refractivity contribution is 5.85. The highest BCUT2D eigenvalue weighted by atomic mass is 35.5. The summed E-state index contributed by atoms with van der Waals surface area (Å²) in [5.74, 6) is -0.881. The maximum Gasteiger partial charge on any atom is 0.323 e. The first-order valence-corrected chi connectivity index (χ1v) is 4.09.